The first-order chi connectivity index (χ1) is 21.9. The first-order valence-electron chi connectivity index (χ1n) is 17.0. The quantitative estimate of drug-likeness (QED) is 0.160. The number of aromatic nitrogens is 1. The van der Waals surface area contributed by atoms with Crippen molar-refractivity contribution in [3.05, 3.63) is 149 Å². The Kier molecular flexibility index (Phi) is 7.69. The van der Waals surface area contributed by atoms with Crippen LogP contribution >= 0.6 is 0 Å². The number of aryl methyl sites for hydroxylation is 2. The maximum atomic E-state index is 8.32. The summed E-state index contributed by atoms with van der Waals surface area (Å²) in [6, 6.07) is 40.2. The number of nitrogens with zero attached hydrogens (tertiary/aromatic N) is 1. The number of hydrogen-bond acceptors (Lipinski definition) is 1. The van der Waals surface area contributed by atoms with E-state index in [1.807, 2.05) is 24.3 Å². The predicted octanol–water partition coefficient (Wildman–Crippen LogP) is 9.64. The molecule has 0 bridgehead atoms. The fourth-order valence-electron chi connectivity index (χ4n) is 4.21. The fraction of sp³-hybridized carbons (Fsp3) is 0.237. The molecule has 0 unspecified atom stereocenters. The molecule has 0 aliphatic heterocycles. The smallest absolute Gasteiger partial charge is 0.304 e. The molecule has 0 amide bonds. The van der Waals surface area contributed by atoms with Gasteiger partial charge in [-0.2, -0.15) is 42.5 Å². The topological polar surface area (TPSA) is 12.9 Å². The molecule has 0 saturated carbocycles. The molecule has 204 valence electrons. The summed E-state index contributed by atoms with van der Waals surface area (Å²) in [5.41, 5.74) is 5.65. The average molecular weight is 709 g/mol. The van der Waals surface area contributed by atoms with Crippen molar-refractivity contribution in [1.82, 2.24) is 4.98 Å². The molecule has 0 atom stereocenters. The van der Waals surface area contributed by atoms with Gasteiger partial charge in [0.15, 0.2) is 0 Å². The van der Waals surface area contributed by atoms with Crippen LogP contribution < -0.4 is 0 Å². The summed E-state index contributed by atoms with van der Waals surface area (Å²) in [7, 11) is 0. The van der Waals surface area contributed by atoms with Crippen molar-refractivity contribution in [1.29, 1.82) is 0 Å². The second-order valence-corrected chi connectivity index (χ2v) is 10.2. The normalized spacial score (nSPS) is 14.8. The maximum Gasteiger partial charge on any atom is 3.00 e. The fourth-order valence-corrected chi connectivity index (χ4v) is 4.21. The molecule has 1 heterocycles. The Morgan fingerprint density at radius 2 is 1.57 bits per heavy atom. The van der Waals surface area contributed by atoms with Gasteiger partial charge >= 0.3 is 20.1 Å². The first-order valence-corrected chi connectivity index (χ1v) is 13.0. The monoisotopic (exact) mass is 709 g/mol. The van der Waals surface area contributed by atoms with E-state index in [-0.39, 0.29) is 42.2 Å². The number of rotatable bonds is 6. The number of benzene rings is 4. The summed E-state index contributed by atoms with van der Waals surface area (Å²) >= 11 is 0. The zero-order chi connectivity index (χ0) is 34.6. The van der Waals surface area contributed by atoms with Crippen LogP contribution in [0.2, 0.25) is 0 Å². The standard InChI is InChI=1S/C21H18.C17H20N.Ir/c1-21(2,19-13-7-4-8-14-19)20-15-9-12-18(16-20)17-10-5-3-6-11-17;1-12(2)9-16-10-17(18-11-14(16)4)15-7-5-13(3)6-8-15;/h3-10,13-16H,1-2H3;5-7,10-12H,9H2,1-4H3;/q-2;-1;+3/i;3D3,4D3,9D2;. The SMILES string of the molecule is CC(C)(c1ccccc1)c1cc[c-]c(-c2[c-]cccc2)c1.[2H]C([2H])([2H])c1c[c-]c(-c2cc(C([2H])([2H])C(C)C)c(C([2H])([2H])[2H])cn2)cc1.[Ir+3]. The molecule has 4 aromatic carbocycles. The van der Waals surface area contributed by atoms with E-state index in [1.165, 1.54) is 41.6 Å². The Morgan fingerprint density at radius 3 is 2.23 bits per heavy atom. The molecule has 5 rings (SSSR count). The Morgan fingerprint density at radius 1 is 0.800 bits per heavy atom. The van der Waals surface area contributed by atoms with E-state index in [0.717, 1.165) is 11.1 Å². The van der Waals surface area contributed by atoms with Crippen LogP contribution in [0.15, 0.2) is 103 Å². The molecule has 0 fully saturated rings. The zero-order valence-electron chi connectivity index (χ0n) is 31.2. The Labute approximate surface area is 266 Å². The van der Waals surface area contributed by atoms with Crippen molar-refractivity contribution in [2.45, 2.75) is 53.2 Å². The van der Waals surface area contributed by atoms with Crippen molar-refractivity contribution in [3.8, 4) is 22.4 Å². The van der Waals surface area contributed by atoms with E-state index in [1.54, 1.807) is 13.8 Å². The second-order valence-electron chi connectivity index (χ2n) is 10.2. The molecule has 0 radical (unpaired) electrons. The predicted molar refractivity (Wildman–Crippen MR) is 165 cm³/mol. The van der Waals surface area contributed by atoms with Gasteiger partial charge in [0, 0.05) is 17.2 Å². The molecule has 0 aliphatic carbocycles. The molecule has 2 heteroatoms. The van der Waals surface area contributed by atoms with Crippen LogP contribution in [0.25, 0.3) is 22.4 Å². The van der Waals surface area contributed by atoms with Gasteiger partial charge in [-0.3, -0.25) is 0 Å². The minimum atomic E-state index is -2.49. The summed E-state index contributed by atoms with van der Waals surface area (Å²) < 4.78 is 61.8. The first kappa shape index (κ1) is 21.4. The van der Waals surface area contributed by atoms with Gasteiger partial charge in [-0.1, -0.05) is 76.5 Å². The maximum absolute atomic E-state index is 8.32. The van der Waals surface area contributed by atoms with Crippen molar-refractivity contribution < 1.29 is 31.1 Å². The number of hydrogen-bond donors (Lipinski definition) is 0. The molecule has 0 spiro atoms. The third-order valence-corrected chi connectivity index (χ3v) is 6.45. The summed E-state index contributed by atoms with van der Waals surface area (Å²) in [6.07, 6.45) is -0.691. The molecule has 0 N–H and O–H groups in total. The Hall–Kier alpha value is -3.32. The van der Waals surface area contributed by atoms with Crippen LogP contribution in [-0.4, -0.2) is 4.98 Å². The van der Waals surface area contributed by atoms with Crippen molar-refractivity contribution in [2.24, 2.45) is 5.92 Å². The molecule has 5 aromatic rings. The van der Waals surface area contributed by atoms with Gasteiger partial charge in [0.1, 0.15) is 0 Å². The van der Waals surface area contributed by atoms with Crippen LogP contribution in [0.4, 0.5) is 0 Å². The molecular formula is C38H38IrN. The number of pyridine rings is 1. The third-order valence-electron chi connectivity index (χ3n) is 6.45. The van der Waals surface area contributed by atoms with Gasteiger partial charge in [0.2, 0.25) is 0 Å². The second kappa shape index (κ2) is 14.4. The van der Waals surface area contributed by atoms with Gasteiger partial charge in [0.25, 0.3) is 0 Å². The van der Waals surface area contributed by atoms with Gasteiger partial charge in [-0.15, -0.1) is 53.1 Å². The van der Waals surface area contributed by atoms with Gasteiger partial charge in [-0.05, 0) is 41.4 Å². The molecular weight excluding hydrogens is 663 g/mol. The largest absolute Gasteiger partial charge is 3.00 e. The van der Waals surface area contributed by atoms with E-state index in [0.29, 0.717) is 11.3 Å². The van der Waals surface area contributed by atoms with E-state index in [4.69, 9.17) is 11.0 Å². The van der Waals surface area contributed by atoms with Crippen molar-refractivity contribution in [2.75, 3.05) is 0 Å². The minimum absolute atomic E-state index is 0. The van der Waals surface area contributed by atoms with Gasteiger partial charge < -0.3 is 4.98 Å². The molecule has 0 saturated heterocycles. The zero-order valence-corrected chi connectivity index (χ0v) is 25.6. The van der Waals surface area contributed by atoms with Crippen LogP contribution in [-0.2, 0) is 31.9 Å². The van der Waals surface area contributed by atoms with Gasteiger partial charge in [0.05, 0.1) is 0 Å². The van der Waals surface area contributed by atoms with E-state index in [2.05, 4.69) is 85.6 Å². The van der Waals surface area contributed by atoms with Crippen molar-refractivity contribution in [3.63, 3.8) is 0 Å². The molecule has 1 aromatic heterocycles. The Balaban J connectivity index is 0.000000260. The Bertz CT molecular complexity index is 1760. The summed E-state index contributed by atoms with van der Waals surface area (Å²) in [5, 5.41) is 0. The van der Waals surface area contributed by atoms with Crippen molar-refractivity contribution >= 4 is 0 Å². The van der Waals surface area contributed by atoms with E-state index in [9.17, 15) is 0 Å². The molecule has 40 heavy (non-hydrogen) atoms. The summed E-state index contributed by atoms with van der Waals surface area (Å²) in [5.74, 6) is -0.444. The average Bonchev–Trinajstić information content (AvgIpc) is 3.05. The minimum Gasteiger partial charge on any atom is -0.304 e. The van der Waals surface area contributed by atoms with Crippen LogP contribution in [0.5, 0.6) is 0 Å². The van der Waals surface area contributed by atoms with E-state index < -0.39 is 26.0 Å². The summed E-state index contributed by atoms with van der Waals surface area (Å²) in [6.45, 7) is 3.15. The van der Waals surface area contributed by atoms with Crippen LogP contribution in [0, 0.1) is 37.8 Å². The van der Waals surface area contributed by atoms with Gasteiger partial charge in [-0.25, -0.2) is 11.1 Å². The molecule has 0 aliphatic rings. The van der Waals surface area contributed by atoms with Crippen LogP contribution in [0.3, 0.4) is 0 Å². The third kappa shape index (κ3) is 8.10. The molecule has 1 nitrogen and oxygen atoms in total. The van der Waals surface area contributed by atoms with E-state index >= 15 is 0 Å². The van der Waals surface area contributed by atoms with Crippen LogP contribution in [0.1, 0.15) is 66.5 Å². The summed E-state index contributed by atoms with van der Waals surface area (Å²) in [4.78, 5) is 4.14.